The summed E-state index contributed by atoms with van der Waals surface area (Å²) < 4.78 is 11.1. The minimum atomic E-state index is -0.595. The van der Waals surface area contributed by atoms with Crippen LogP contribution >= 0.6 is 45.2 Å². The SMILES string of the molecule is CC(I)C(C)(C)OC(=O)OC(C)(C)C(C)I. The van der Waals surface area contributed by atoms with E-state index in [-0.39, 0.29) is 7.85 Å². The fraction of sp³-hybridized carbons (Fsp3) is 0.909. The van der Waals surface area contributed by atoms with Gasteiger partial charge in [0.2, 0.25) is 0 Å². The quantitative estimate of drug-likeness (QED) is 0.360. The van der Waals surface area contributed by atoms with Gasteiger partial charge in [-0.05, 0) is 41.5 Å². The summed E-state index contributed by atoms with van der Waals surface area (Å²) in [4.78, 5) is 11.6. The fourth-order valence-electron chi connectivity index (χ4n) is 0.613. The summed E-state index contributed by atoms with van der Waals surface area (Å²) in [5, 5.41) is 0. The van der Waals surface area contributed by atoms with Crippen molar-refractivity contribution in [3.8, 4) is 0 Å². The molecular weight excluding hydrogens is 434 g/mol. The fourth-order valence-corrected chi connectivity index (χ4v) is 0.867. The Balaban J connectivity index is 4.41. The highest BCUT2D eigenvalue weighted by Gasteiger charge is 2.34. The molecule has 0 rings (SSSR count). The van der Waals surface area contributed by atoms with Gasteiger partial charge in [0.15, 0.2) is 0 Å². The molecule has 96 valence electrons. The molecule has 2 atom stereocenters. The molecule has 0 spiro atoms. The number of carbonyl (C=O) groups is 1. The third kappa shape index (κ3) is 5.37. The average Bonchev–Trinajstić information content (AvgIpc) is 2.00. The first kappa shape index (κ1) is 16.7. The van der Waals surface area contributed by atoms with E-state index in [0.717, 1.165) is 0 Å². The minimum absolute atomic E-state index is 0.220. The molecule has 0 aliphatic carbocycles. The van der Waals surface area contributed by atoms with Crippen molar-refractivity contribution in [3.63, 3.8) is 0 Å². The zero-order valence-electron chi connectivity index (χ0n) is 10.6. The predicted octanol–water partition coefficient (Wildman–Crippen LogP) is 4.34. The number of halogens is 2. The maximum Gasteiger partial charge on any atom is 0.509 e. The second kappa shape index (κ2) is 6.06. The van der Waals surface area contributed by atoms with Gasteiger partial charge in [-0.1, -0.05) is 45.2 Å². The Hall–Kier alpha value is 0.730. The molecule has 0 saturated heterocycles. The number of carbonyl (C=O) groups excluding carboxylic acids is 1. The highest BCUT2D eigenvalue weighted by atomic mass is 127. The van der Waals surface area contributed by atoms with Crippen molar-refractivity contribution in [2.45, 2.75) is 60.6 Å². The van der Waals surface area contributed by atoms with Crippen LogP contribution in [0.25, 0.3) is 0 Å². The van der Waals surface area contributed by atoms with Crippen molar-refractivity contribution in [2.24, 2.45) is 0 Å². The van der Waals surface area contributed by atoms with Crippen molar-refractivity contribution >= 4 is 51.3 Å². The summed E-state index contributed by atoms with van der Waals surface area (Å²) in [5.74, 6) is 0. The molecule has 16 heavy (non-hydrogen) atoms. The van der Waals surface area contributed by atoms with Crippen molar-refractivity contribution in [1.29, 1.82) is 0 Å². The summed E-state index contributed by atoms with van der Waals surface area (Å²) in [6.45, 7) is 11.5. The molecule has 0 radical (unpaired) electrons. The van der Waals surface area contributed by atoms with Crippen LogP contribution in [0.1, 0.15) is 41.5 Å². The number of hydrogen-bond acceptors (Lipinski definition) is 3. The molecule has 0 heterocycles. The number of rotatable bonds is 4. The molecule has 0 N–H and O–H groups in total. The monoisotopic (exact) mass is 454 g/mol. The summed E-state index contributed by atoms with van der Waals surface area (Å²) >= 11 is 4.47. The van der Waals surface area contributed by atoms with E-state index in [1.165, 1.54) is 0 Å². The van der Waals surface area contributed by atoms with Crippen molar-refractivity contribution in [2.75, 3.05) is 0 Å². The van der Waals surface area contributed by atoms with E-state index in [4.69, 9.17) is 9.47 Å². The van der Waals surface area contributed by atoms with Gasteiger partial charge in [-0.3, -0.25) is 0 Å². The smallest absolute Gasteiger partial charge is 0.427 e. The Labute approximate surface area is 125 Å². The van der Waals surface area contributed by atoms with Crippen LogP contribution in [0.5, 0.6) is 0 Å². The maximum atomic E-state index is 11.6. The van der Waals surface area contributed by atoms with E-state index in [2.05, 4.69) is 45.2 Å². The molecule has 0 aliphatic rings. The molecule has 0 aromatic rings. The van der Waals surface area contributed by atoms with Crippen molar-refractivity contribution in [1.82, 2.24) is 0 Å². The molecule has 3 nitrogen and oxygen atoms in total. The van der Waals surface area contributed by atoms with Crippen molar-refractivity contribution < 1.29 is 14.3 Å². The summed E-state index contributed by atoms with van der Waals surface area (Å²) in [7, 11) is 0. The molecule has 0 aliphatic heterocycles. The van der Waals surface area contributed by atoms with Crippen LogP contribution in [0.4, 0.5) is 4.79 Å². The second-order valence-electron chi connectivity index (χ2n) is 4.89. The molecule has 5 heteroatoms. The molecule has 0 amide bonds. The first-order chi connectivity index (χ1) is 6.99. The molecule has 0 saturated carbocycles. The van der Waals surface area contributed by atoms with Crippen LogP contribution in [0.3, 0.4) is 0 Å². The Morgan fingerprint density at radius 2 is 1.19 bits per heavy atom. The van der Waals surface area contributed by atoms with E-state index in [9.17, 15) is 4.79 Å². The van der Waals surface area contributed by atoms with E-state index < -0.39 is 17.4 Å². The summed E-state index contributed by atoms with van der Waals surface area (Å²) in [6, 6.07) is 0. The Morgan fingerprint density at radius 3 is 1.38 bits per heavy atom. The highest BCUT2D eigenvalue weighted by molar-refractivity contribution is 14.1. The average molecular weight is 454 g/mol. The number of ether oxygens (including phenoxy) is 2. The van der Waals surface area contributed by atoms with E-state index in [1.807, 2.05) is 41.5 Å². The van der Waals surface area contributed by atoms with Gasteiger partial charge in [-0.2, -0.15) is 0 Å². The molecule has 0 bridgehead atoms. The molecule has 2 unspecified atom stereocenters. The van der Waals surface area contributed by atoms with Gasteiger partial charge in [0.05, 0.1) is 0 Å². The van der Waals surface area contributed by atoms with E-state index in [1.54, 1.807) is 0 Å². The summed E-state index contributed by atoms with van der Waals surface area (Å²) in [5.41, 5.74) is -1.02. The zero-order valence-corrected chi connectivity index (χ0v) is 15.0. The molecule has 0 aromatic heterocycles. The first-order valence-corrected chi connectivity index (χ1v) is 7.68. The van der Waals surface area contributed by atoms with Gasteiger partial charge in [0.25, 0.3) is 0 Å². The lowest BCUT2D eigenvalue weighted by Gasteiger charge is -2.32. The van der Waals surface area contributed by atoms with Gasteiger partial charge in [0.1, 0.15) is 11.2 Å². The molecule has 0 fully saturated rings. The normalized spacial score (nSPS) is 16.5. The first-order valence-electron chi connectivity index (χ1n) is 5.19. The van der Waals surface area contributed by atoms with Crippen LogP contribution in [-0.2, 0) is 9.47 Å². The van der Waals surface area contributed by atoms with Crippen LogP contribution in [0, 0.1) is 0 Å². The van der Waals surface area contributed by atoms with Crippen LogP contribution in [0.15, 0.2) is 0 Å². The number of alkyl halides is 2. The third-order valence-electron chi connectivity index (χ3n) is 2.61. The van der Waals surface area contributed by atoms with Crippen LogP contribution in [-0.4, -0.2) is 25.2 Å². The zero-order chi connectivity index (χ0) is 13.1. The lowest BCUT2D eigenvalue weighted by molar-refractivity contribution is -0.0546. The Morgan fingerprint density at radius 1 is 0.938 bits per heavy atom. The molecular formula is C11H20I2O3. The van der Waals surface area contributed by atoms with E-state index >= 15 is 0 Å². The van der Waals surface area contributed by atoms with Crippen molar-refractivity contribution in [3.05, 3.63) is 0 Å². The third-order valence-corrected chi connectivity index (χ3v) is 5.61. The standard InChI is InChI=1S/C11H20I2O3/c1-7(12)10(3,4)15-9(14)16-11(5,6)8(2)13/h7-8H,1-6H3. The van der Waals surface area contributed by atoms with E-state index in [0.29, 0.717) is 0 Å². The molecule has 0 aromatic carbocycles. The lowest BCUT2D eigenvalue weighted by Crippen LogP contribution is -2.41. The predicted molar refractivity (Wildman–Crippen MR) is 82.7 cm³/mol. The van der Waals surface area contributed by atoms with Gasteiger partial charge in [-0.25, -0.2) is 4.79 Å². The minimum Gasteiger partial charge on any atom is -0.427 e. The van der Waals surface area contributed by atoms with Gasteiger partial charge < -0.3 is 9.47 Å². The largest absolute Gasteiger partial charge is 0.509 e. The van der Waals surface area contributed by atoms with Gasteiger partial charge in [0, 0.05) is 7.85 Å². The maximum absolute atomic E-state index is 11.6. The summed E-state index contributed by atoms with van der Waals surface area (Å²) in [6.07, 6.45) is -0.595. The number of hydrogen-bond donors (Lipinski definition) is 0. The van der Waals surface area contributed by atoms with Gasteiger partial charge >= 0.3 is 6.16 Å². The van der Waals surface area contributed by atoms with Gasteiger partial charge in [-0.15, -0.1) is 0 Å². The Kier molecular flexibility index (Phi) is 6.34. The topological polar surface area (TPSA) is 35.5 Å². The second-order valence-corrected chi connectivity index (χ2v) is 8.63. The van der Waals surface area contributed by atoms with Crippen LogP contribution in [0.2, 0.25) is 0 Å². The van der Waals surface area contributed by atoms with Crippen LogP contribution < -0.4 is 0 Å². The Bertz CT molecular complexity index is 224. The lowest BCUT2D eigenvalue weighted by atomic mass is 10.1. The highest BCUT2D eigenvalue weighted by Crippen LogP contribution is 2.26.